The van der Waals surface area contributed by atoms with Crippen LogP contribution in [0.15, 0.2) is 40.9 Å². The second kappa shape index (κ2) is 5.00. The number of carboxylic acid groups (broad SMARTS) is 1. The number of imidazole rings is 1. The zero-order chi connectivity index (χ0) is 15.1. The van der Waals surface area contributed by atoms with Crippen LogP contribution in [0.2, 0.25) is 0 Å². The molecule has 0 saturated carbocycles. The summed E-state index contributed by atoms with van der Waals surface area (Å²) in [6.07, 6.45) is 0. The van der Waals surface area contributed by atoms with Gasteiger partial charge in [-0.3, -0.25) is 4.57 Å². The molecule has 106 valence electrons. The number of carboxylic acids is 1. The summed E-state index contributed by atoms with van der Waals surface area (Å²) < 4.78 is 2.89. The van der Waals surface area contributed by atoms with Crippen LogP contribution < -0.4 is 0 Å². The lowest BCUT2D eigenvalue weighted by Crippen LogP contribution is -2.04. The molecule has 4 nitrogen and oxygen atoms in total. The van der Waals surface area contributed by atoms with Crippen LogP contribution in [0.4, 0.5) is 0 Å². The van der Waals surface area contributed by atoms with Crippen LogP contribution in [-0.2, 0) is 0 Å². The van der Waals surface area contributed by atoms with E-state index in [1.807, 2.05) is 42.7 Å². The zero-order valence-electron chi connectivity index (χ0n) is 11.6. The van der Waals surface area contributed by atoms with Gasteiger partial charge in [-0.2, -0.15) is 0 Å². The Bertz CT molecular complexity index is 868. The van der Waals surface area contributed by atoms with E-state index in [2.05, 4.69) is 20.9 Å². The smallest absolute Gasteiger partial charge is 0.337 e. The number of nitrogens with zero attached hydrogens (tertiary/aromatic N) is 2. The molecule has 1 heterocycles. The van der Waals surface area contributed by atoms with Crippen LogP contribution >= 0.6 is 15.9 Å². The second-order valence-electron chi connectivity index (χ2n) is 4.90. The molecule has 0 aliphatic carbocycles. The summed E-state index contributed by atoms with van der Waals surface area (Å²) in [7, 11) is 0. The number of carbonyl (C=O) groups is 1. The maximum absolute atomic E-state index is 11.5. The van der Waals surface area contributed by atoms with Gasteiger partial charge in [-0.1, -0.05) is 22.0 Å². The van der Waals surface area contributed by atoms with E-state index in [1.54, 1.807) is 12.1 Å². The number of aryl methyl sites for hydroxylation is 2. The first-order chi connectivity index (χ1) is 9.99. The van der Waals surface area contributed by atoms with Crippen LogP contribution in [0.3, 0.4) is 0 Å². The van der Waals surface area contributed by atoms with Gasteiger partial charge in [-0.05, 0) is 49.7 Å². The summed E-state index contributed by atoms with van der Waals surface area (Å²) in [6, 6.07) is 11.1. The van der Waals surface area contributed by atoms with Gasteiger partial charge in [-0.25, -0.2) is 9.78 Å². The van der Waals surface area contributed by atoms with Gasteiger partial charge in [0.05, 0.1) is 22.3 Å². The minimum Gasteiger partial charge on any atom is -0.478 e. The second-order valence-corrected chi connectivity index (χ2v) is 5.82. The van der Waals surface area contributed by atoms with Crippen molar-refractivity contribution in [3.05, 3.63) is 57.8 Å². The van der Waals surface area contributed by atoms with E-state index in [9.17, 15) is 9.90 Å². The van der Waals surface area contributed by atoms with E-state index < -0.39 is 5.97 Å². The lowest BCUT2D eigenvalue weighted by atomic mass is 10.1. The molecular weight excluding hydrogens is 332 g/mol. The molecule has 21 heavy (non-hydrogen) atoms. The van der Waals surface area contributed by atoms with Crippen molar-refractivity contribution in [1.29, 1.82) is 0 Å². The summed E-state index contributed by atoms with van der Waals surface area (Å²) in [5.74, 6) is -0.180. The van der Waals surface area contributed by atoms with E-state index in [0.29, 0.717) is 11.0 Å². The number of fused-ring (bicyclic) bond motifs is 1. The number of benzene rings is 2. The molecule has 1 N–H and O–H groups in total. The Kier molecular flexibility index (Phi) is 3.29. The third kappa shape index (κ3) is 2.23. The zero-order valence-corrected chi connectivity index (χ0v) is 13.2. The topological polar surface area (TPSA) is 55.1 Å². The minimum atomic E-state index is -0.948. The molecule has 3 rings (SSSR count). The van der Waals surface area contributed by atoms with Crippen LogP contribution in [0, 0.1) is 13.8 Å². The standard InChI is InChI=1S/C16H13BrN2O2/c1-9-8-11(17)6-7-14(9)19-10(2)18-13-5-3-4-12(15(13)19)16(20)21/h3-8H,1-2H3,(H,20,21). The summed E-state index contributed by atoms with van der Waals surface area (Å²) >= 11 is 3.45. The number of hydrogen-bond donors (Lipinski definition) is 1. The van der Waals surface area contributed by atoms with Crippen molar-refractivity contribution >= 4 is 32.9 Å². The third-order valence-electron chi connectivity index (χ3n) is 3.47. The number of aromatic nitrogens is 2. The van der Waals surface area contributed by atoms with Crippen LogP contribution in [-0.4, -0.2) is 20.6 Å². The minimum absolute atomic E-state index is 0.260. The fourth-order valence-corrected chi connectivity index (χ4v) is 3.06. The third-order valence-corrected chi connectivity index (χ3v) is 3.97. The first-order valence-electron chi connectivity index (χ1n) is 6.47. The molecule has 0 unspecified atom stereocenters. The molecule has 0 fully saturated rings. The molecule has 0 aliphatic heterocycles. The summed E-state index contributed by atoms with van der Waals surface area (Å²) in [6.45, 7) is 3.88. The fraction of sp³-hybridized carbons (Fsp3) is 0.125. The van der Waals surface area contributed by atoms with Crippen molar-refractivity contribution in [3.63, 3.8) is 0 Å². The number of aromatic carboxylic acids is 1. The average molecular weight is 345 g/mol. The van der Waals surface area contributed by atoms with Gasteiger partial charge in [0.2, 0.25) is 0 Å². The van der Waals surface area contributed by atoms with Gasteiger partial charge in [-0.15, -0.1) is 0 Å². The summed E-state index contributed by atoms with van der Waals surface area (Å²) in [5, 5.41) is 9.43. The SMILES string of the molecule is Cc1cc(Br)ccc1-n1c(C)nc2cccc(C(=O)O)c21. The van der Waals surface area contributed by atoms with Crippen LogP contribution in [0.25, 0.3) is 16.7 Å². The summed E-state index contributed by atoms with van der Waals surface area (Å²) in [5.41, 5.74) is 3.57. The first-order valence-corrected chi connectivity index (χ1v) is 7.26. The Hall–Kier alpha value is -2.14. The predicted octanol–water partition coefficient (Wildman–Crippen LogP) is 4.10. The van der Waals surface area contributed by atoms with Gasteiger partial charge < -0.3 is 5.11 Å². The van der Waals surface area contributed by atoms with Gasteiger partial charge in [0.15, 0.2) is 0 Å². The average Bonchev–Trinajstić information content (AvgIpc) is 2.74. The van der Waals surface area contributed by atoms with Crippen molar-refractivity contribution < 1.29 is 9.90 Å². The normalized spacial score (nSPS) is 11.0. The Labute approximate surface area is 130 Å². The molecular formula is C16H13BrN2O2. The molecule has 0 bridgehead atoms. The van der Waals surface area contributed by atoms with Crippen LogP contribution in [0.5, 0.6) is 0 Å². The fourth-order valence-electron chi connectivity index (χ4n) is 2.58. The highest BCUT2D eigenvalue weighted by Crippen LogP contribution is 2.27. The molecule has 5 heteroatoms. The van der Waals surface area contributed by atoms with Crippen molar-refractivity contribution in [3.8, 4) is 5.69 Å². The van der Waals surface area contributed by atoms with Crippen molar-refractivity contribution in [2.24, 2.45) is 0 Å². The quantitative estimate of drug-likeness (QED) is 0.761. The maximum Gasteiger partial charge on any atom is 0.337 e. The number of para-hydroxylation sites is 1. The largest absolute Gasteiger partial charge is 0.478 e. The maximum atomic E-state index is 11.5. The predicted molar refractivity (Wildman–Crippen MR) is 85.2 cm³/mol. The highest BCUT2D eigenvalue weighted by Gasteiger charge is 2.17. The molecule has 1 aromatic heterocycles. The van der Waals surface area contributed by atoms with Crippen molar-refractivity contribution in [2.75, 3.05) is 0 Å². The van der Waals surface area contributed by atoms with Crippen molar-refractivity contribution in [1.82, 2.24) is 9.55 Å². The molecule has 0 spiro atoms. The number of hydrogen-bond acceptors (Lipinski definition) is 2. The van der Waals surface area contributed by atoms with Gasteiger partial charge in [0.25, 0.3) is 0 Å². The van der Waals surface area contributed by atoms with E-state index in [-0.39, 0.29) is 5.56 Å². The molecule has 3 aromatic rings. The lowest BCUT2D eigenvalue weighted by molar-refractivity contribution is 0.0698. The lowest BCUT2D eigenvalue weighted by Gasteiger charge is -2.12. The number of rotatable bonds is 2. The Balaban J connectivity index is 2.41. The number of halogens is 1. The van der Waals surface area contributed by atoms with Crippen LogP contribution in [0.1, 0.15) is 21.7 Å². The Morgan fingerprint density at radius 2 is 2.00 bits per heavy atom. The van der Waals surface area contributed by atoms with E-state index >= 15 is 0 Å². The molecule has 2 aromatic carbocycles. The molecule has 0 amide bonds. The first kappa shape index (κ1) is 13.8. The highest BCUT2D eigenvalue weighted by atomic mass is 79.9. The molecule has 0 aliphatic rings. The molecule has 0 radical (unpaired) electrons. The molecule has 0 saturated heterocycles. The van der Waals surface area contributed by atoms with Gasteiger partial charge in [0.1, 0.15) is 5.82 Å². The van der Waals surface area contributed by atoms with Gasteiger partial charge in [0, 0.05) is 4.47 Å². The Morgan fingerprint density at radius 1 is 1.24 bits per heavy atom. The highest BCUT2D eigenvalue weighted by molar-refractivity contribution is 9.10. The van der Waals surface area contributed by atoms with E-state index in [0.717, 1.165) is 21.5 Å². The van der Waals surface area contributed by atoms with E-state index in [1.165, 1.54) is 0 Å². The molecule has 0 atom stereocenters. The van der Waals surface area contributed by atoms with Gasteiger partial charge >= 0.3 is 5.97 Å². The summed E-state index contributed by atoms with van der Waals surface area (Å²) in [4.78, 5) is 16.0. The van der Waals surface area contributed by atoms with E-state index in [4.69, 9.17) is 0 Å². The van der Waals surface area contributed by atoms with Crippen molar-refractivity contribution in [2.45, 2.75) is 13.8 Å². The Morgan fingerprint density at radius 3 is 2.67 bits per heavy atom. The monoisotopic (exact) mass is 344 g/mol.